The first-order valence-corrected chi connectivity index (χ1v) is 5.88. The molecule has 2 heterocycles. The lowest BCUT2D eigenvalue weighted by Crippen LogP contribution is -1.81. The van der Waals surface area contributed by atoms with Crippen LogP contribution in [-0.2, 0) is 0 Å². The first-order valence-electron chi connectivity index (χ1n) is 5.50. The highest BCUT2D eigenvalue weighted by Crippen LogP contribution is 2.37. The summed E-state index contributed by atoms with van der Waals surface area (Å²) >= 11 is 5.91. The summed E-state index contributed by atoms with van der Waals surface area (Å²) in [5.41, 5.74) is 1.26. The molecule has 0 aliphatic rings. The fourth-order valence-electron chi connectivity index (χ4n) is 1.95. The molecule has 0 amide bonds. The molecule has 0 spiro atoms. The van der Waals surface area contributed by atoms with Crippen LogP contribution in [0.3, 0.4) is 0 Å². The predicted molar refractivity (Wildman–Crippen MR) is 72.8 cm³/mol. The number of benzene rings is 1. The van der Waals surface area contributed by atoms with Crippen LogP contribution < -0.4 is 0 Å². The predicted octanol–water partition coefficient (Wildman–Crippen LogP) is 3.76. The van der Waals surface area contributed by atoms with Crippen molar-refractivity contribution in [3.05, 3.63) is 52.5 Å². The maximum atomic E-state index is 11.0. The minimum absolute atomic E-state index is 0.00212. The third-order valence-corrected chi connectivity index (χ3v) is 3.04. The minimum Gasteiger partial charge on any atom is -0.507 e. The third-order valence-electron chi connectivity index (χ3n) is 2.80. The van der Waals surface area contributed by atoms with Gasteiger partial charge in [-0.05, 0) is 35.5 Å². The van der Waals surface area contributed by atoms with E-state index in [2.05, 4.69) is 10.2 Å². The van der Waals surface area contributed by atoms with Gasteiger partial charge < -0.3 is 5.11 Å². The molecular formula is C13H8ClN3O2. The van der Waals surface area contributed by atoms with Crippen molar-refractivity contribution in [1.82, 2.24) is 9.38 Å². The van der Waals surface area contributed by atoms with Crippen molar-refractivity contribution in [2.24, 2.45) is 5.18 Å². The van der Waals surface area contributed by atoms with Gasteiger partial charge in [0.05, 0.1) is 0 Å². The van der Waals surface area contributed by atoms with Crippen LogP contribution in [0.25, 0.3) is 16.9 Å². The van der Waals surface area contributed by atoms with Crippen LogP contribution in [0.5, 0.6) is 5.75 Å². The zero-order valence-electron chi connectivity index (χ0n) is 9.62. The molecular weight excluding hydrogens is 266 g/mol. The number of phenolic OH excluding ortho intramolecular Hbond substituents is 1. The Hall–Kier alpha value is -2.40. The van der Waals surface area contributed by atoms with E-state index in [1.807, 2.05) is 0 Å². The summed E-state index contributed by atoms with van der Waals surface area (Å²) < 4.78 is 1.56. The van der Waals surface area contributed by atoms with Gasteiger partial charge >= 0.3 is 0 Å². The molecule has 5 nitrogen and oxygen atoms in total. The number of hydrogen-bond donors (Lipinski definition) is 1. The largest absolute Gasteiger partial charge is 0.507 e. The normalized spacial score (nSPS) is 10.8. The standard InChI is InChI=1S/C13H8ClN3O2/c14-8-4-5-10(18)9(7-8)12-13(16-19)17-6-2-1-3-11(17)15-12/h1-7,18H. The van der Waals surface area contributed by atoms with Crippen LogP contribution in [0.2, 0.25) is 5.02 Å². The minimum atomic E-state index is -0.00212. The number of imidazole rings is 1. The maximum Gasteiger partial charge on any atom is 0.209 e. The Labute approximate surface area is 113 Å². The Morgan fingerprint density at radius 1 is 1.26 bits per heavy atom. The summed E-state index contributed by atoms with van der Waals surface area (Å²) in [5.74, 6) is 0.130. The van der Waals surface area contributed by atoms with Gasteiger partial charge in [0.1, 0.15) is 17.1 Å². The summed E-state index contributed by atoms with van der Waals surface area (Å²) in [4.78, 5) is 15.4. The van der Waals surface area contributed by atoms with E-state index >= 15 is 0 Å². The van der Waals surface area contributed by atoms with Gasteiger partial charge in [0.25, 0.3) is 0 Å². The average molecular weight is 274 g/mol. The highest BCUT2D eigenvalue weighted by molar-refractivity contribution is 6.31. The zero-order chi connectivity index (χ0) is 13.4. The number of halogens is 1. The molecule has 3 rings (SSSR count). The van der Waals surface area contributed by atoms with Gasteiger partial charge in [0.2, 0.25) is 5.82 Å². The van der Waals surface area contributed by atoms with Gasteiger partial charge in [-0.25, -0.2) is 4.98 Å². The molecule has 1 N–H and O–H groups in total. The first kappa shape index (κ1) is 11.7. The second-order valence-corrected chi connectivity index (χ2v) is 4.40. The number of rotatable bonds is 2. The number of fused-ring (bicyclic) bond motifs is 1. The quantitative estimate of drug-likeness (QED) is 0.723. The van der Waals surface area contributed by atoms with Crippen molar-refractivity contribution in [3.8, 4) is 17.0 Å². The number of phenols is 1. The van der Waals surface area contributed by atoms with Crippen molar-refractivity contribution in [3.63, 3.8) is 0 Å². The van der Waals surface area contributed by atoms with Gasteiger partial charge in [-0.1, -0.05) is 17.7 Å². The Balaban J connectivity index is 2.36. The summed E-state index contributed by atoms with van der Waals surface area (Å²) in [6, 6.07) is 9.89. The van der Waals surface area contributed by atoms with E-state index in [9.17, 15) is 10.0 Å². The molecule has 94 valence electrons. The molecule has 0 radical (unpaired) electrons. The van der Waals surface area contributed by atoms with E-state index in [0.717, 1.165) is 0 Å². The van der Waals surface area contributed by atoms with Crippen LogP contribution in [0, 0.1) is 4.91 Å². The number of nitroso groups, excluding NO2 is 1. The molecule has 0 fully saturated rings. The molecule has 0 saturated carbocycles. The lowest BCUT2D eigenvalue weighted by atomic mass is 10.1. The number of nitrogens with zero attached hydrogens (tertiary/aromatic N) is 3. The third kappa shape index (κ3) is 1.84. The average Bonchev–Trinajstić information content (AvgIpc) is 2.79. The summed E-state index contributed by atoms with van der Waals surface area (Å²) in [6.45, 7) is 0. The Bertz CT molecular complexity index is 783. The lowest BCUT2D eigenvalue weighted by molar-refractivity contribution is 0.477. The van der Waals surface area contributed by atoms with Gasteiger partial charge in [-0.3, -0.25) is 4.40 Å². The van der Waals surface area contributed by atoms with E-state index in [-0.39, 0.29) is 11.6 Å². The Morgan fingerprint density at radius 3 is 2.89 bits per heavy atom. The van der Waals surface area contributed by atoms with Crippen molar-refractivity contribution >= 4 is 23.1 Å². The second-order valence-electron chi connectivity index (χ2n) is 3.97. The van der Waals surface area contributed by atoms with Crippen LogP contribution in [-0.4, -0.2) is 14.5 Å². The van der Waals surface area contributed by atoms with Crippen molar-refractivity contribution in [1.29, 1.82) is 0 Å². The molecule has 6 heteroatoms. The van der Waals surface area contributed by atoms with E-state index in [1.54, 1.807) is 40.9 Å². The molecule has 0 atom stereocenters. The van der Waals surface area contributed by atoms with Crippen LogP contribution in [0.4, 0.5) is 5.82 Å². The van der Waals surface area contributed by atoms with E-state index in [4.69, 9.17) is 11.6 Å². The zero-order valence-corrected chi connectivity index (χ0v) is 10.4. The van der Waals surface area contributed by atoms with Crippen molar-refractivity contribution in [2.75, 3.05) is 0 Å². The molecule has 0 unspecified atom stereocenters. The summed E-state index contributed by atoms with van der Waals surface area (Å²) in [6.07, 6.45) is 1.68. The van der Waals surface area contributed by atoms with Crippen LogP contribution >= 0.6 is 11.6 Å². The second kappa shape index (κ2) is 4.37. The van der Waals surface area contributed by atoms with Gasteiger partial charge in [-0.15, -0.1) is 4.91 Å². The van der Waals surface area contributed by atoms with Gasteiger partial charge in [-0.2, -0.15) is 0 Å². The van der Waals surface area contributed by atoms with Gasteiger partial charge in [0, 0.05) is 16.8 Å². The van der Waals surface area contributed by atoms with Crippen LogP contribution in [0.1, 0.15) is 0 Å². The van der Waals surface area contributed by atoms with E-state index < -0.39 is 0 Å². The Morgan fingerprint density at radius 2 is 2.11 bits per heavy atom. The van der Waals surface area contributed by atoms with Crippen molar-refractivity contribution in [2.45, 2.75) is 0 Å². The molecule has 3 aromatic rings. The SMILES string of the molecule is O=Nc1c(-c2cc(Cl)ccc2O)nc2ccccn12. The molecule has 0 saturated heterocycles. The molecule has 0 aliphatic heterocycles. The van der Waals surface area contributed by atoms with E-state index in [0.29, 0.717) is 21.9 Å². The highest BCUT2D eigenvalue weighted by atomic mass is 35.5. The topological polar surface area (TPSA) is 67.0 Å². The molecule has 1 aromatic carbocycles. The fourth-order valence-corrected chi connectivity index (χ4v) is 2.12. The highest BCUT2D eigenvalue weighted by Gasteiger charge is 2.17. The van der Waals surface area contributed by atoms with Crippen molar-refractivity contribution < 1.29 is 5.11 Å². The fraction of sp³-hybridized carbons (Fsp3) is 0. The number of aromatic hydroxyl groups is 1. The molecule has 2 aromatic heterocycles. The van der Waals surface area contributed by atoms with Gasteiger partial charge in [0.15, 0.2) is 0 Å². The smallest absolute Gasteiger partial charge is 0.209 e. The first-order chi connectivity index (χ1) is 9.20. The van der Waals surface area contributed by atoms with Crippen LogP contribution in [0.15, 0.2) is 47.8 Å². The monoisotopic (exact) mass is 273 g/mol. The Kier molecular flexibility index (Phi) is 2.68. The number of pyridine rings is 1. The molecule has 0 aliphatic carbocycles. The number of hydrogen-bond acceptors (Lipinski definition) is 4. The van der Waals surface area contributed by atoms with E-state index in [1.165, 1.54) is 6.07 Å². The molecule has 0 bridgehead atoms. The number of aromatic nitrogens is 2. The maximum absolute atomic E-state index is 11.0. The molecule has 19 heavy (non-hydrogen) atoms. The summed E-state index contributed by atoms with van der Waals surface area (Å²) in [7, 11) is 0. The lowest BCUT2D eigenvalue weighted by Gasteiger charge is -2.02. The summed E-state index contributed by atoms with van der Waals surface area (Å²) in [5, 5.41) is 13.3.